The Kier molecular flexibility index (Phi) is 14.2. The van der Waals surface area contributed by atoms with E-state index < -0.39 is 0 Å². The maximum atomic E-state index is 11.0. The molecular weight excluding hydrogens is 402 g/mol. The molecule has 2 aromatic rings. The van der Waals surface area contributed by atoms with Gasteiger partial charge in [0.25, 0.3) is 0 Å². The Balaban J connectivity index is 0.00000104. The molecule has 0 saturated carbocycles. The molecule has 1 unspecified atom stereocenters. The van der Waals surface area contributed by atoms with Crippen LogP contribution in [0.4, 0.5) is 5.69 Å². The molecule has 0 amide bonds. The molecule has 176 valence electrons. The summed E-state index contributed by atoms with van der Waals surface area (Å²) in [6.07, 6.45) is 6.15. The molecule has 1 aromatic carbocycles. The van der Waals surface area contributed by atoms with Crippen molar-refractivity contribution in [2.45, 2.75) is 40.8 Å². The van der Waals surface area contributed by atoms with Crippen LogP contribution in [-0.4, -0.2) is 65.3 Å². The van der Waals surface area contributed by atoms with Gasteiger partial charge in [-0.05, 0) is 78.0 Å². The third-order valence-corrected chi connectivity index (χ3v) is 4.08. The van der Waals surface area contributed by atoms with Crippen LogP contribution in [0, 0.1) is 20.8 Å². The fourth-order valence-corrected chi connectivity index (χ4v) is 2.76. The number of carbonyl (C=O) groups is 1. The number of aldehydes is 1. The van der Waals surface area contributed by atoms with Gasteiger partial charge in [0.05, 0.1) is 17.9 Å². The first-order valence-corrected chi connectivity index (χ1v) is 10.5. The Morgan fingerprint density at radius 1 is 1.25 bits per heavy atom. The van der Waals surface area contributed by atoms with E-state index in [0.717, 1.165) is 18.5 Å². The summed E-state index contributed by atoms with van der Waals surface area (Å²) < 4.78 is 1.64. The minimum atomic E-state index is -0.137. The molecule has 7 nitrogen and oxygen atoms in total. The second kappa shape index (κ2) is 15.7. The first-order chi connectivity index (χ1) is 15.2. The number of carbonyl (C=O) groups excluding carboxylic acids is 1. The van der Waals surface area contributed by atoms with Crippen LogP contribution in [0.25, 0.3) is 0 Å². The normalized spacial score (nSPS) is 12.0. The van der Waals surface area contributed by atoms with E-state index in [9.17, 15) is 4.79 Å². The van der Waals surface area contributed by atoms with Crippen molar-refractivity contribution in [2.75, 3.05) is 32.6 Å². The number of allylic oxidation sites excluding steroid dienone is 2. The lowest BCUT2D eigenvalue weighted by Crippen LogP contribution is -2.19. The molecule has 2 rings (SSSR count). The summed E-state index contributed by atoms with van der Waals surface area (Å²) in [6, 6.07) is 6.33. The Bertz CT molecular complexity index is 864. The third-order valence-electron chi connectivity index (χ3n) is 4.08. The lowest BCUT2D eigenvalue weighted by atomic mass is 10.1. The molecule has 0 bridgehead atoms. The number of aryl methyl sites for hydroxylation is 3. The van der Waals surface area contributed by atoms with E-state index >= 15 is 0 Å². The minimum Gasteiger partial charge on any atom is -0.395 e. The van der Waals surface area contributed by atoms with Crippen molar-refractivity contribution >= 4 is 17.8 Å². The van der Waals surface area contributed by atoms with Crippen LogP contribution in [0.1, 0.15) is 41.0 Å². The topological polar surface area (TPSA) is 82.8 Å². The number of benzene rings is 1. The average molecular weight is 442 g/mol. The zero-order valence-corrected chi connectivity index (χ0v) is 20.6. The minimum absolute atomic E-state index is 0.137. The smallest absolute Gasteiger partial charge is 0.153 e. The molecular formula is C25H39N5O2. The van der Waals surface area contributed by atoms with Gasteiger partial charge in [-0.3, -0.25) is 4.79 Å². The van der Waals surface area contributed by atoms with Crippen molar-refractivity contribution in [3.8, 4) is 0 Å². The molecule has 32 heavy (non-hydrogen) atoms. The van der Waals surface area contributed by atoms with Crippen molar-refractivity contribution < 1.29 is 9.90 Å². The van der Waals surface area contributed by atoms with E-state index in [1.807, 2.05) is 51.9 Å². The Morgan fingerprint density at radius 2 is 1.84 bits per heavy atom. The number of anilines is 1. The highest BCUT2D eigenvalue weighted by molar-refractivity contribution is 5.95. The van der Waals surface area contributed by atoms with Crippen LogP contribution in [0.5, 0.6) is 0 Å². The molecule has 7 heteroatoms. The number of hydrogen-bond acceptors (Lipinski definition) is 6. The fourth-order valence-electron chi connectivity index (χ4n) is 2.76. The van der Waals surface area contributed by atoms with Crippen molar-refractivity contribution in [1.29, 1.82) is 0 Å². The fraction of sp³-hybridized carbons (Fsp3) is 0.400. The van der Waals surface area contributed by atoms with Gasteiger partial charge in [-0.1, -0.05) is 12.1 Å². The maximum Gasteiger partial charge on any atom is 0.153 e. The maximum absolute atomic E-state index is 11.0. The first-order valence-electron chi connectivity index (χ1n) is 10.5. The van der Waals surface area contributed by atoms with Gasteiger partial charge < -0.3 is 15.3 Å². The SMILES string of the molecule is C/C=C\C(=N/C(C)Nc1cc(C)cc(C)c1)n1cc(C=O)c(C)n1.C=C.CN(C)CCO. The summed E-state index contributed by atoms with van der Waals surface area (Å²) in [6.45, 7) is 16.9. The summed E-state index contributed by atoms with van der Waals surface area (Å²) in [5, 5.41) is 15.9. The van der Waals surface area contributed by atoms with Crippen molar-refractivity contribution in [3.05, 3.63) is 72.1 Å². The second-order valence-electron chi connectivity index (χ2n) is 7.44. The van der Waals surface area contributed by atoms with Crippen LogP contribution < -0.4 is 5.32 Å². The van der Waals surface area contributed by atoms with Crippen LogP contribution in [0.15, 0.2) is 54.7 Å². The molecule has 1 atom stereocenters. The number of aliphatic imine (C=N–C) groups is 1. The van der Waals surface area contributed by atoms with E-state index in [-0.39, 0.29) is 12.8 Å². The predicted octanol–water partition coefficient (Wildman–Crippen LogP) is 4.24. The number of likely N-dealkylation sites (N-methyl/N-ethyl adjacent to an activating group) is 1. The zero-order valence-electron chi connectivity index (χ0n) is 20.6. The average Bonchev–Trinajstić information content (AvgIpc) is 3.09. The summed E-state index contributed by atoms with van der Waals surface area (Å²) in [4.78, 5) is 17.6. The molecule has 0 fully saturated rings. The molecule has 0 aliphatic rings. The van der Waals surface area contributed by atoms with E-state index in [1.54, 1.807) is 10.9 Å². The molecule has 1 aromatic heterocycles. The van der Waals surface area contributed by atoms with Crippen molar-refractivity contribution in [2.24, 2.45) is 4.99 Å². The Morgan fingerprint density at radius 3 is 2.25 bits per heavy atom. The first kappa shape index (κ1) is 29.0. The number of rotatable bonds is 7. The molecule has 2 N–H and O–H groups in total. The zero-order chi connectivity index (χ0) is 24.7. The lowest BCUT2D eigenvalue weighted by molar-refractivity contribution is 0.112. The molecule has 0 saturated heterocycles. The van der Waals surface area contributed by atoms with Gasteiger partial charge in [-0.15, -0.1) is 13.2 Å². The number of hydrogen-bond donors (Lipinski definition) is 2. The highest BCUT2D eigenvalue weighted by Gasteiger charge is 2.09. The number of aliphatic hydroxyl groups excluding tert-OH is 1. The molecule has 0 aliphatic heterocycles. The van der Waals surface area contributed by atoms with E-state index in [4.69, 9.17) is 5.11 Å². The summed E-state index contributed by atoms with van der Waals surface area (Å²) in [5.41, 5.74) is 4.72. The van der Waals surface area contributed by atoms with Gasteiger partial charge in [0.1, 0.15) is 12.0 Å². The van der Waals surface area contributed by atoms with E-state index in [2.05, 4.69) is 60.6 Å². The van der Waals surface area contributed by atoms with Gasteiger partial charge in [0, 0.05) is 18.4 Å². The van der Waals surface area contributed by atoms with Gasteiger partial charge in [0.15, 0.2) is 6.29 Å². The molecule has 1 heterocycles. The standard InChI is InChI=1S/C19H24N4O.C4H11NO.C2H4/c1-6-7-19(23-11-17(12-24)15(4)22-23)21-16(5)20-18-9-13(2)8-14(3)10-18;1-5(2)3-4-6;1-2/h6-12,16,20H,1-5H3;6H,3-4H2,1-2H3;1-2H2/b7-6-,21-19+;;. The highest BCUT2D eigenvalue weighted by atomic mass is 16.3. The molecule has 0 aliphatic carbocycles. The van der Waals surface area contributed by atoms with Gasteiger partial charge in [0.2, 0.25) is 0 Å². The molecule has 0 spiro atoms. The second-order valence-corrected chi connectivity index (χ2v) is 7.44. The van der Waals surface area contributed by atoms with Crippen molar-refractivity contribution in [1.82, 2.24) is 14.7 Å². The summed E-state index contributed by atoms with van der Waals surface area (Å²) >= 11 is 0. The van der Waals surface area contributed by atoms with Gasteiger partial charge >= 0.3 is 0 Å². The van der Waals surface area contributed by atoms with Crippen LogP contribution in [0.3, 0.4) is 0 Å². The lowest BCUT2D eigenvalue weighted by Gasteiger charge is -2.14. The quantitative estimate of drug-likeness (QED) is 0.291. The summed E-state index contributed by atoms with van der Waals surface area (Å²) in [5.74, 6) is 0.679. The largest absolute Gasteiger partial charge is 0.395 e. The third kappa shape index (κ3) is 10.8. The number of nitrogens with one attached hydrogen (secondary N) is 1. The Labute approximate surface area is 193 Å². The van der Waals surface area contributed by atoms with E-state index in [1.165, 1.54) is 11.1 Å². The van der Waals surface area contributed by atoms with Gasteiger partial charge in [-0.2, -0.15) is 5.10 Å². The molecule has 0 radical (unpaired) electrons. The van der Waals surface area contributed by atoms with Gasteiger partial charge in [-0.25, -0.2) is 9.67 Å². The highest BCUT2D eigenvalue weighted by Crippen LogP contribution is 2.15. The number of aromatic nitrogens is 2. The van der Waals surface area contributed by atoms with E-state index in [0.29, 0.717) is 17.1 Å². The monoisotopic (exact) mass is 441 g/mol. The number of nitrogens with zero attached hydrogens (tertiary/aromatic N) is 4. The number of aliphatic hydroxyl groups is 1. The van der Waals surface area contributed by atoms with Crippen LogP contribution in [-0.2, 0) is 0 Å². The Hall–Kier alpha value is -3.03. The predicted molar refractivity (Wildman–Crippen MR) is 136 cm³/mol. The van der Waals surface area contributed by atoms with Crippen LogP contribution in [0.2, 0.25) is 0 Å². The van der Waals surface area contributed by atoms with Crippen LogP contribution >= 0.6 is 0 Å². The van der Waals surface area contributed by atoms with Crippen molar-refractivity contribution in [3.63, 3.8) is 0 Å². The summed E-state index contributed by atoms with van der Waals surface area (Å²) in [7, 11) is 3.85.